The van der Waals surface area contributed by atoms with E-state index in [0.717, 1.165) is 11.3 Å². The summed E-state index contributed by atoms with van der Waals surface area (Å²) in [5.41, 5.74) is 1.59. The van der Waals surface area contributed by atoms with Crippen molar-refractivity contribution in [2.75, 3.05) is 14.2 Å². The lowest BCUT2D eigenvalue weighted by Crippen LogP contribution is -2.04. The minimum Gasteiger partial charge on any atom is -0.496 e. The normalized spacial score (nSPS) is 10.5. The summed E-state index contributed by atoms with van der Waals surface area (Å²) in [6.07, 6.45) is 1.62. The molecule has 0 spiro atoms. The number of nitrogens with zero attached hydrogens (tertiary/aromatic N) is 1. The van der Waals surface area contributed by atoms with E-state index >= 15 is 0 Å². The fourth-order valence-corrected chi connectivity index (χ4v) is 1.71. The molecule has 0 atom stereocenters. The minimum absolute atomic E-state index is 0.509. The molecule has 1 aromatic carbocycles. The number of halogens is 1. The Balaban J connectivity index is 2.40. The number of nitrogens with one attached hydrogen (secondary N) is 1. The second-order valence-corrected chi connectivity index (χ2v) is 3.96. The molecule has 0 bridgehead atoms. The first-order chi connectivity index (χ1) is 8.24. The van der Waals surface area contributed by atoms with Crippen LogP contribution in [0.1, 0.15) is 5.69 Å². The van der Waals surface area contributed by atoms with Gasteiger partial charge in [-0.15, -0.1) is 0 Å². The third-order valence-corrected chi connectivity index (χ3v) is 2.54. The Kier molecular flexibility index (Phi) is 3.66. The summed E-state index contributed by atoms with van der Waals surface area (Å²) in [5.74, 6) is 1.20. The molecular weight excluding hydrogens is 240 g/mol. The van der Waals surface area contributed by atoms with Crippen LogP contribution in [0.2, 0.25) is 5.02 Å². The van der Waals surface area contributed by atoms with E-state index < -0.39 is 0 Å². The number of rotatable bonds is 4. The van der Waals surface area contributed by atoms with Gasteiger partial charge in [0.15, 0.2) is 0 Å². The summed E-state index contributed by atoms with van der Waals surface area (Å²) in [7, 11) is 3.46. The number of methoxy groups -OCH3 is 1. The lowest BCUT2D eigenvalue weighted by molar-refractivity contribution is 0.414. The second kappa shape index (κ2) is 5.21. The van der Waals surface area contributed by atoms with Crippen molar-refractivity contribution in [1.29, 1.82) is 0 Å². The van der Waals surface area contributed by atoms with Gasteiger partial charge >= 0.3 is 0 Å². The van der Waals surface area contributed by atoms with Crippen LogP contribution in [-0.4, -0.2) is 19.1 Å². The monoisotopic (exact) mass is 252 g/mol. The topological polar surface area (TPSA) is 47.3 Å². The summed E-state index contributed by atoms with van der Waals surface area (Å²) in [6, 6.07) is 5.33. The number of benzene rings is 1. The highest BCUT2D eigenvalue weighted by Crippen LogP contribution is 2.31. The summed E-state index contributed by atoms with van der Waals surface area (Å²) in [5, 5.41) is 3.63. The van der Waals surface area contributed by atoms with Crippen LogP contribution in [0.4, 0.5) is 0 Å². The molecule has 0 fully saturated rings. The molecule has 0 aliphatic carbocycles. The zero-order valence-electron chi connectivity index (χ0n) is 9.66. The second-order valence-electron chi connectivity index (χ2n) is 3.52. The molecular formula is C12H13ClN2O2. The molecule has 17 heavy (non-hydrogen) atoms. The Bertz CT molecular complexity index is 511. The maximum absolute atomic E-state index is 5.95. The van der Waals surface area contributed by atoms with Crippen LogP contribution in [0.25, 0.3) is 11.5 Å². The lowest BCUT2D eigenvalue weighted by Gasteiger charge is -2.05. The van der Waals surface area contributed by atoms with Crippen LogP contribution in [0.5, 0.6) is 5.75 Å². The number of hydrogen-bond acceptors (Lipinski definition) is 4. The first-order valence-corrected chi connectivity index (χ1v) is 5.55. The standard InChI is InChI=1S/C12H13ClN2O2/c1-14-6-9-7-17-12(15-9)10-5-8(13)3-4-11(10)16-2/h3-5,7,14H,6H2,1-2H3. The number of oxazole rings is 1. The molecule has 0 saturated carbocycles. The quantitative estimate of drug-likeness (QED) is 0.909. The van der Waals surface area contributed by atoms with Crippen LogP contribution in [0, 0.1) is 0 Å². The van der Waals surface area contributed by atoms with Crippen molar-refractivity contribution in [1.82, 2.24) is 10.3 Å². The third-order valence-electron chi connectivity index (χ3n) is 2.30. The molecule has 2 rings (SSSR count). The van der Waals surface area contributed by atoms with E-state index in [0.29, 0.717) is 23.2 Å². The number of ether oxygens (including phenoxy) is 1. The average molecular weight is 253 g/mol. The summed E-state index contributed by atoms with van der Waals surface area (Å²) in [6.45, 7) is 0.659. The fraction of sp³-hybridized carbons (Fsp3) is 0.250. The molecule has 0 radical (unpaired) electrons. The predicted octanol–water partition coefficient (Wildman–Crippen LogP) is 2.72. The van der Waals surface area contributed by atoms with Crippen LogP contribution in [0.15, 0.2) is 28.9 Å². The lowest BCUT2D eigenvalue weighted by atomic mass is 10.2. The van der Waals surface area contributed by atoms with Gasteiger partial charge in [0.2, 0.25) is 5.89 Å². The highest BCUT2D eigenvalue weighted by Gasteiger charge is 2.12. The van der Waals surface area contributed by atoms with Crippen LogP contribution in [-0.2, 0) is 6.54 Å². The molecule has 90 valence electrons. The first kappa shape index (κ1) is 12.0. The number of hydrogen-bond donors (Lipinski definition) is 1. The predicted molar refractivity (Wildman–Crippen MR) is 66.3 cm³/mol. The largest absolute Gasteiger partial charge is 0.496 e. The summed E-state index contributed by atoms with van der Waals surface area (Å²) >= 11 is 5.95. The molecule has 1 heterocycles. The van der Waals surface area contributed by atoms with Gasteiger partial charge < -0.3 is 14.5 Å². The average Bonchev–Trinajstić information content (AvgIpc) is 2.78. The molecule has 0 aliphatic heterocycles. The Morgan fingerprint density at radius 3 is 3.00 bits per heavy atom. The highest BCUT2D eigenvalue weighted by molar-refractivity contribution is 6.30. The summed E-state index contributed by atoms with van der Waals surface area (Å²) in [4.78, 5) is 4.35. The molecule has 0 aliphatic rings. The Labute approximate surface area is 105 Å². The maximum atomic E-state index is 5.95. The highest BCUT2D eigenvalue weighted by atomic mass is 35.5. The van der Waals surface area contributed by atoms with E-state index in [4.69, 9.17) is 20.8 Å². The van der Waals surface area contributed by atoms with Gasteiger partial charge in [0.05, 0.1) is 18.4 Å². The van der Waals surface area contributed by atoms with Crippen LogP contribution in [0.3, 0.4) is 0 Å². The van der Waals surface area contributed by atoms with E-state index in [-0.39, 0.29) is 0 Å². The van der Waals surface area contributed by atoms with Crippen molar-refractivity contribution in [3.63, 3.8) is 0 Å². The van der Waals surface area contributed by atoms with Crippen molar-refractivity contribution >= 4 is 11.6 Å². The third kappa shape index (κ3) is 2.60. The number of aromatic nitrogens is 1. The molecule has 1 aromatic heterocycles. The van der Waals surface area contributed by atoms with Crippen molar-refractivity contribution < 1.29 is 9.15 Å². The molecule has 5 heteroatoms. The van der Waals surface area contributed by atoms with Gasteiger partial charge in [0, 0.05) is 11.6 Å². The van der Waals surface area contributed by atoms with Crippen LogP contribution < -0.4 is 10.1 Å². The van der Waals surface area contributed by atoms with Gasteiger partial charge in [-0.3, -0.25) is 0 Å². The van der Waals surface area contributed by atoms with E-state index in [1.165, 1.54) is 0 Å². The zero-order valence-corrected chi connectivity index (χ0v) is 10.4. The van der Waals surface area contributed by atoms with Gasteiger partial charge in [-0.25, -0.2) is 4.98 Å². The van der Waals surface area contributed by atoms with E-state index in [1.807, 2.05) is 7.05 Å². The van der Waals surface area contributed by atoms with Crippen LogP contribution >= 0.6 is 11.6 Å². The molecule has 1 N–H and O–H groups in total. The Morgan fingerprint density at radius 1 is 1.47 bits per heavy atom. The zero-order chi connectivity index (χ0) is 12.3. The molecule has 2 aromatic rings. The van der Waals surface area contributed by atoms with E-state index in [9.17, 15) is 0 Å². The minimum atomic E-state index is 0.509. The van der Waals surface area contributed by atoms with Crippen molar-refractivity contribution in [2.45, 2.75) is 6.54 Å². The molecule has 0 unspecified atom stereocenters. The van der Waals surface area contributed by atoms with E-state index in [1.54, 1.807) is 31.6 Å². The van der Waals surface area contributed by atoms with Gasteiger partial charge in [-0.2, -0.15) is 0 Å². The molecule has 0 amide bonds. The van der Waals surface area contributed by atoms with Gasteiger partial charge in [0.25, 0.3) is 0 Å². The SMILES string of the molecule is CNCc1coc(-c2cc(Cl)ccc2OC)n1. The summed E-state index contributed by atoms with van der Waals surface area (Å²) < 4.78 is 10.7. The Morgan fingerprint density at radius 2 is 2.29 bits per heavy atom. The van der Waals surface area contributed by atoms with Crippen molar-refractivity contribution in [2.24, 2.45) is 0 Å². The van der Waals surface area contributed by atoms with Crippen molar-refractivity contribution in [3.8, 4) is 17.2 Å². The maximum Gasteiger partial charge on any atom is 0.230 e. The molecule has 0 saturated heterocycles. The van der Waals surface area contributed by atoms with Gasteiger partial charge in [0.1, 0.15) is 12.0 Å². The molecule has 4 nitrogen and oxygen atoms in total. The Hall–Kier alpha value is -1.52. The first-order valence-electron chi connectivity index (χ1n) is 5.17. The van der Waals surface area contributed by atoms with E-state index in [2.05, 4.69) is 10.3 Å². The smallest absolute Gasteiger partial charge is 0.230 e. The van der Waals surface area contributed by atoms with Crippen molar-refractivity contribution in [3.05, 3.63) is 35.2 Å². The fourth-order valence-electron chi connectivity index (χ4n) is 1.54. The van der Waals surface area contributed by atoms with Gasteiger partial charge in [-0.1, -0.05) is 11.6 Å². The van der Waals surface area contributed by atoms with Gasteiger partial charge in [-0.05, 0) is 25.2 Å².